The summed E-state index contributed by atoms with van der Waals surface area (Å²) >= 11 is 1.58. The van der Waals surface area contributed by atoms with Crippen molar-refractivity contribution in [3.8, 4) is 27.0 Å². The highest BCUT2D eigenvalue weighted by molar-refractivity contribution is 7.17. The number of aryl methyl sites for hydroxylation is 1. The van der Waals surface area contributed by atoms with Crippen molar-refractivity contribution in [1.29, 1.82) is 0 Å². The van der Waals surface area contributed by atoms with E-state index in [1.165, 1.54) is 76.2 Å². The molecule has 2 aromatic heterocycles. The molecule has 4 nitrogen and oxygen atoms in total. The zero-order valence-electron chi connectivity index (χ0n) is 21.1. The first-order valence-electron chi connectivity index (χ1n) is 13.3. The molecule has 1 aromatic carbocycles. The molecule has 0 bridgehead atoms. The summed E-state index contributed by atoms with van der Waals surface area (Å²) in [5, 5.41) is 10.5. The fourth-order valence-corrected chi connectivity index (χ4v) is 4.82. The van der Waals surface area contributed by atoms with E-state index in [1.807, 2.05) is 18.3 Å². The van der Waals surface area contributed by atoms with Crippen LogP contribution in [0.1, 0.15) is 96.5 Å². The first-order valence-corrected chi connectivity index (χ1v) is 14.1. The van der Waals surface area contributed by atoms with Crippen molar-refractivity contribution < 1.29 is 4.74 Å². The van der Waals surface area contributed by atoms with Gasteiger partial charge >= 0.3 is 0 Å². The zero-order valence-corrected chi connectivity index (χ0v) is 21.9. The van der Waals surface area contributed by atoms with E-state index in [-0.39, 0.29) is 0 Å². The quantitative estimate of drug-likeness (QED) is 0.181. The molecule has 0 unspecified atom stereocenters. The lowest BCUT2D eigenvalue weighted by molar-refractivity contribution is 0.304. The number of benzene rings is 1. The van der Waals surface area contributed by atoms with Crippen LogP contribution in [0.15, 0.2) is 42.6 Å². The van der Waals surface area contributed by atoms with Crippen LogP contribution in [0, 0.1) is 0 Å². The Morgan fingerprint density at radius 1 is 0.676 bits per heavy atom. The molecule has 0 spiro atoms. The molecule has 0 atom stereocenters. The van der Waals surface area contributed by atoms with Crippen LogP contribution in [0.25, 0.3) is 21.3 Å². The summed E-state index contributed by atoms with van der Waals surface area (Å²) in [7, 11) is 0. The van der Waals surface area contributed by atoms with Gasteiger partial charge in [0.1, 0.15) is 16.5 Å². The lowest BCUT2D eigenvalue weighted by atomic mass is 10.1. The van der Waals surface area contributed by atoms with Gasteiger partial charge in [-0.15, -0.1) is 10.2 Å². The molecule has 0 saturated heterocycles. The van der Waals surface area contributed by atoms with Gasteiger partial charge in [-0.05, 0) is 55.2 Å². The first-order chi connectivity index (χ1) is 16.8. The van der Waals surface area contributed by atoms with Gasteiger partial charge in [-0.2, -0.15) is 0 Å². The second-order valence-electron chi connectivity index (χ2n) is 9.12. The van der Waals surface area contributed by atoms with Crippen LogP contribution in [0.2, 0.25) is 0 Å². The summed E-state index contributed by atoms with van der Waals surface area (Å²) in [6.45, 7) is 5.28. The average molecular weight is 480 g/mol. The van der Waals surface area contributed by atoms with Gasteiger partial charge in [0, 0.05) is 11.8 Å². The van der Waals surface area contributed by atoms with Crippen LogP contribution in [-0.4, -0.2) is 21.8 Å². The largest absolute Gasteiger partial charge is 0.494 e. The Labute approximate surface area is 210 Å². The summed E-state index contributed by atoms with van der Waals surface area (Å²) in [4.78, 5) is 4.59. The van der Waals surface area contributed by atoms with Crippen molar-refractivity contribution >= 4 is 11.3 Å². The van der Waals surface area contributed by atoms with E-state index < -0.39 is 0 Å². The van der Waals surface area contributed by atoms with Gasteiger partial charge in [0.15, 0.2) is 5.01 Å². The molecule has 0 aliphatic heterocycles. The van der Waals surface area contributed by atoms with Crippen LogP contribution in [0.3, 0.4) is 0 Å². The van der Waals surface area contributed by atoms with Gasteiger partial charge in [0.25, 0.3) is 0 Å². The summed E-state index contributed by atoms with van der Waals surface area (Å²) in [6, 6.07) is 12.4. The Balaban J connectivity index is 1.36. The Hall–Kier alpha value is -2.27. The summed E-state index contributed by atoms with van der Waals surface area (Å²) in [5.74, 6) is 0.925. The third-order valence-corrected chi connectivity index (χ3v) is 7.15. The molecule has 0 fully saturated rings. The maximum Gasteiger partial charge on any atom is 0.166 e. The SMILES string of the molecule is CCCCCCCCCCCCOc1ccc(-c2nnc(-c3ccc(CCCC)cn3)s2)cc1. The minimum atomic E-state index is 0.790. The second kappa shape index (κ2) is 15.6. The third-order valence-electron chi connectivity index (χ3n) is 6.16. The van der Waals surface area contributed by atoms with Crippen LogP contribution < -0.4 is 4.74 Å². The highest BCUT2D eigenvalue weighted by Gasteiger charge is 2.10. The van der Waals surface area contributed by atoms with Crippen LogP contribution in [-0.2, 0) is 6.42 Å². The van der Waals surface area contributed by atoms with E-state index in [1.54, 1.807) is 11.3 Å². The number of hydrogen-bond donors (Lipinski definition) is 0. The van der Waals surface area contributed by atoms with Crippen molar-refractivity contribution in [2.24, 2.45) is 0 Å². The van der Waals surface area contributed by atoms with Gasteiger partial charge in [-0.3, -0.25) is 4.98 Å². The Bertz CT molecular complexity index is 921. The van der Waals surface area contributed by atoms with Crippen LogP contribution in [0.5, 0.6) is 5.75 Å². The van der Waals surface area contributed by atoms with E-state index in [0.717, 1.165) is 46.5 Å². The minimum Gasteiger partial charge on any atom is -0.494 e. The standard InChI is InChI=1S/C29H41N3OS/c1-3-5-7-8-9-10-11-12-13-14-22-33-26-19-17-25(18-20-26)28-31-32-29(34-28)27-21-16-24(23-30-27)15-6-4-2/h16-21,23H,3-15,22H2,1-2H3. The number of pyridine rings is 1. The van der Waals surface area contributed by atoms with Crippen LogP contribution >= 0.6 is 11.3 Å². The number of nitrogens with zero attached hydrogens (tertiary/aromatic N) is 3. The monoisotopic (exact) mass is 479 g/mol. The van der Waals surface area contributed by atoms with Crippen molar-refractivity contribution in [3.63, 3.8) is 0 Å². The molecule has 5 heteroatoms. The van der Waals surface area contributed by atoms with E-state index in [0.29, 0.717) is 0 Å². The van der Waals surface area contributed by atoms with E-state index in [4.69, 9.17) is 4.74 Å². The molecule has 3 rings (SSSR count). The maximum atomic E-state index is 5.94. The Morgan fingerprint density at radius 3 is 1.97 bits per heavy atom. The number of aromatic nitrogens is 3. The van der Waals surface area contributed by atoms with Crippen molar-refractivity contribution in [2.75, 3.05) is 6.61 Å². The molecular formula is C29H41N3OS. The predicted octanol–water partition coefficient (Wildman–Crippen LogP) is 8.91. The third kappa shape index (κ3) is 9.17. The smallest absolute Gasteiger partial charge is 0.166 e. The number of ether oxygens (including phenoxy) is 1. The zero-order chi connectivity index (χ0) is 23.8. The number of unbranched alkanes of at least 4 members (excludes halogenated alkanes) is 10. The average Bonchev–Trinajstić information content (AvgIpc) is 3.37. The van der Waals surface area contributed by atoms with Gasteiger partial charge in [0.05, 0.1) is 6.61 Å². The molecule has 0 radical (unpaired) electrons. The molecule has 34 heavy (non-hydrogen) atoms. The molecule has 2 heterocycles. The van der Waals surface area contributed by atoms with Crippen molar-refractivity contribution in [1.82, 2.24) is 15.2 Å². The van der Waals surface area contributed by atoms with E-state index >= 15 is 0 Å². The van der Waals surface area contributed by atoms with E-state index in [2.05, 4.69) is 53.3 Å². The fourth-order valence-electron chi connectivity index (χ4n) is 4.00. The highest BCUT2D eigenvalue weighted by atomic mass is 32.1. The van der Waals surface area contributed by atoms with Crippen LogP contribution in [0.4, 0.5) is 0 Å². The van der Waals surface area contributed by atoms with Gasteiger partial charge in [-0.1, -0.05) is 95.5 Å². The Morgan fingerprint density at radius 2 is 1.32 bits per heavy atom. The molecule has 0 aliphatic rings. The summed E-state index contributed by atoms with van der Waals surface area (Å²) < 4.78 is 5.94. The molecule has 184 valence electrons. The topological polar surface area (TPSA) is 47.9 Å². The normalized spacial score (nSPS) is 11.1. The molecule has 0 amide bonds. The number of hydrogen-bond acceptors (Lipinski definition) is 5. The van der Waals surface area contributed by atoms with E-state index in [9.17, 15) is 0 Å². The Kier molecular flexibility index (Phi) is 12.1. The lowest BCUT2D eigenvalue weighted by Crippen LogP contribution is -1.97. The van der Waals surface area contributed by atoms with Gasteiger partial charge in [-0.25, -0.2) is 0 Å². The molecule has 0 aliphatic carbocycles. The van der Waals surface area contributed by atoms with Gasteiger partial charge in [0.2, 0.25) is 0 Å². The fraction of sp³-hybridized carbons (Fsp3) is 0.552. The van der Waals surface area contributed by atoms with Gasteiger partial charge < -0.3 is 4.74 Å². The second-order valence-corrected chi connectivity index (χ2v) is 10.1. The highest BCUT2D eigenvalue weighted by Crippen LogP contribution is 2.30. The maximum absolute atomic E-state index is 5.94. The summed E-state index contributed by atoms with van der Waals surface area (Å²) in [5.41, 5.74) is 3.23. The molecule has 0 N–H and O–H groups in total. The first kappa shape index (κ1) is 26.3. The van der Waals surface area contributed by atoms with Crippen molar-refractivity contribution in [2.45, 2.75) is 97.3 Å². The van der Waals surface area contributed by atoms with Crippen molar-refractivity contribution in [3.05, 3.63) is 48.2 Å². The lowest BCUT2D eigenvalue weighted by Gasteiger charge is -2.07. The molecule has 3 aromatic rings. The molecule has 0 saturated carbocycles. The minimum absolute atomic E-state index is 0.790. The number of rotatable bonds is 17. The molecular weight excluding hydrogens is 438 g/mol. The predicted molar refractivity (Wildman–Crippen MR) is 145 cm³/mol. The summed E-state index contributed by atoms with van der Waals surface area (Å²) in [6.07, 6.45) is 18.9.